The van der Waals surface area contributed by atoms with Gasteiger partial charge in [-0.2, -0.15) is 0 Å². The molecule has 0 atom stereocenters. The third-order valence-electron chi connectivity index (χ3n) is 6.56. The molecule has 3 N–H and O–H groups in total. The molecule has 0 bridgehead atoms. The number of anilines is 1. The maximum atomic E-state index is 11.9. The van der Waals surface area contributed by atoms with E-state index < -0.39 is 0 Å². The molecule has 0 aliphatic heterocycles. The molecule has 1 aromatic rings. The van der Waals surface area contributed by atoms with E-state index in [1.54, 1.807) is 24.3 Å². The van der Waals surface area contributed by atoms with Gasteiger partial charge in [0.05, 0.1) is 0 Å². The fourth-order valence-corrected chi connectivity index (χ4v) is 4.33. The van der Waals surface area contributed by atoms with Gasteiger partial charge in [0.2, 0.25) is 11.8 Å². The highest BCUT2D eigenvalue weighted by Gasteiger charge is 2.05. The van der Waals surface area contributed by atoms with Crippen LogP contribution in [0.4, 0.5) is 5.69 Å². The Hall–Kier alpha value is -2.04. The molecule has 1 aromatic carbocycles. The van der Waals surface area contributed by atoms with Crippen LogP contribution in [0.15, 0.2) is 24.3 Å². The quantitative estimate of drug-likeness (QED) is 0.107. The maximum Gasteiger partial charge on any atom is 0.224 e. The monoisotopic (exact) mass is 488 g/mol. The molecule has 2 amide bonds. The molecular formula is C30H52N2O3. The number of carbonyl (C=O) groups is 2. The fraction of sp³-hybridized carbons (Fsp3) is 0.733. The summed E-state index contributed by atoms with van der Waals surface area (Å²) in [5.74, 6) is 0.197. The Morgan fingerprint density at radius 3 is 1.51 bits per heavy atom. The van der Waals surface area contributed by atoms with Crippen molar-refractivity contribution in [3.05, 3.63) is 24.3 Å². The van der Waals surface area contributed by atoms with Crippen molar-refractivity contribution in [2.75, 3.05) is 11.9 Å². The number of hydrogen-bond donors (Lipinski definition) is 3. The Kier molecular flexibility index (Phi) is 19.9. The molecule has 0 aromatic heterocycles. The van der Waals surface area contributed by atoms with Crippen LogP contribution in [0, 0.1) is 0 Å². The lowest BCUT2D eigenvalue weighted by Crippen LogP contribution is -2.24. The SMILES string of the molecule is CCCCCCCCCCCCCCCCCCNC(=O)CCCCC(=O)Nc1ccc(O)cc1. The first-order valence-electron chi connectivity index (χ1n) is 14.5. The zero-order chi connectivity index (χ0) is 25.4. The van der Waals surface area contributed by atoms with Gasteiger partial charge in [-0.25, -0.2) is 0 Å². The minimum Gasteiger partial charge on any atom is -0.508 e. The van der Waals surface area contributed by atoms with Crippen molar-refractivity contribution >= 4 is 17.5 Å². The van der Waals surface area contributed by atoms with E-state index in [9.17, 15) is 14.7 Å². The minimum atomic E-state index is -0.0655. The largest absolute Gasteiger partial charge is 0.508 e. The lowest BCUT2D eigenvalue weighted by molar-refractivity contribution is -0.121. The predicted molar refractivity (Wildman–Crippen MR) is 148 cm³/mol. The lowest BCUT2D eigenvalue weighted by atomic mass is 10.0. The van der Waals surface area contributed by atoms with Crippen LogP contribution >= 0.6 is 0 Å². The zero-order valence-corrected chi connectivity index (χ0v) is 22.4. The first kappa shape index (κ1) is 31.0. The number of hydrogen-bond acceptors (Lipinski definition) is 3. The van der Waals surface area contributed by atoms with E-state index in [1.165, 1.54) is 96.3 Å². The van der Waals surface area contributed by atoms with Crippen molar-refractivity contribution in [1.82, 2.24) is 5.32 Å². The third kappa shape index (κ3) is 19.9. The molecule has 0 heterocycles. The third-order valence-corrected chi connectivity index (χ3v) is 6.56. The molecule has 0 saturated heterocycles. The molecule has 5 heteroatoms. The van der Waals surface area contributed by atoms with E-state index in [2.05, 4.69) is 17.6 Å². The molecular weight excluding hydrogens is 436 g/mol. The first-order chi connectivity index (χ1) is 17.1. The smallest absolute Gasteiger partial charge is 0.224 e. The second-order valence-corrected chi connectivity index (χ2v) is 9.96. The van der Waals surface area contributed by atoms with Crippen LogP contribution in [0.3, 0.4) is 0 Å². The molecule has 1 rings (SSSR count). The Balaban J connectivity index is 1.79. The van der Waals surface area contributed by atoms with E-state index in [-0.39, 0.29) is 17.6 Å². The molecule has 0 radical (unpaired) electrons. The summed E-state index contributed by atoms with van der Waals surface area (Å²) >= 11 is 0. The van der Waals surface area contributed by atoms with Crippen molar-refractivity contribution in [3.63, 3.8) is 0 Å². The van der Waals surface area contributed by atoms with Crippen LogP contribution in [0.2, 0.25) is 0 Å². The van der Waals surface area contributed by atoms with Gasteiger partial charge in [0.1, 0.15) is 5.75 Å². The zero-order valence-electron chi connectivity index (χ0n) is 22.4. The Morgan fingerprint density at radius 2 is 1.03 bits per heavy atom. The maximum absolute atomic E-state index is 11.9. The summed E-state index contributed by atoms with van der Waals surface area (Å²) in [6, 6.07) is 6.41. The van der Waals surface area contributed by atoms with Gasteiger partial charge in [0, 0.05) is 25.1 Å². The van der Waals surface area contributed by atoms with Gasteiger partial charge in [-0.3, -0.25) is 9.59 Å². The number of amides is 2. The standard InChI is InChI=1S/C30H52N2O3/c1-2-3-4-5-6-7-8-9-10-11-12-13-14-15-16-19-26-31-29(34)20-17-18-21-30(35)32-27-22-24-28(33)25-23-27/h22-25,33H,2-21,26H2,1H3,(H,31,34)(H,32,35). The van der Waals surface area contributed by atoms with E-state index in [0.29, 0.717) is 31.4 Å². The number of phenols is 1. The van der Waals surface area contributed by atoms with Crippen LogP contribution in [-0.4, -0.2) is 23.5 Å². The number of rotatable bonds is 23. The molecule has 200 valence electrons. The van der Waals surface area contributed by atoms with Crippen molar-refractivity contribution in [3.8, 4) is 5.75 Å². The van der Waals surface area contributed by atoms with Crippen molar-refractivity contribution < 1.29 is 14.7 Å². The summed E-state index contributed by atoms with van der Waals surface area (Å²) in [4.78, 5) is 23.8. The van der Waals surface area contributed by atoms with Gasteiger partial charge in [0.25, 0.3) is 0 Å². The fourth-order valence-electron chi connectivity index (χ4n) is 4.33. The summed E-state index contributed by atoms with van der Waals surface area (Å²) in [5.41, 5.74) is 0.671. The number of phenolic OH excluding ortho intramolecular Hbond substituents is 1. The Bertz CT molecular complexity index is 646. The molecule has 0 saturated carbocycles. The van der Waals surface area contributed by atoms with Crippen molar-refractivity contribution in [2.45, 2.75) is 135 Å². The summed E-state index contributed by atoms with van der Waals surface area (Å²) < 4.78 is 0. The summed E-state index contributed by atoms with van der Waals surface area (Å²) in [7, 11) is 0. The topological polar surface area (TPSA) is 78.4 Å². The second kappa shape index (κ2) is 22.4. The van der Waals surface area contributed by atoms with Crippen LogP contribution in [-0.2, 0) is 9.59 Å². The average molecular weight is 489 g/mol. The van der Waals surface area contributed by atoms with E-state index in [4.69, 9.17) is 0 Å². The number of nitrogens with one attached hydrogen (secondary N) is 2. The number of aromatic hydroxyl groups is 1. The number of benzene rings is 1. The first-order valence-corrected chi connectivity index (χ1v) is 14.5. The summed E-state index contributed by atoms with van der Waals surface area (Å²) in [6.07, 6.45) is 23.9. The average Bonchev–Trinajstić information content (AvgIpc) is 2.85. The highest BCUT2D eigenvalue weighted by molar-refractivity contribution is 5.90. The van der Waals surface area contributed by atoms with Crippen molar-refractivity contribution in [2.24, 2.45) is 0 Å². The number of unbranched alkanes of at least 4 members (excludes halogenated alkanes) is 16. The lowest BCUT2D eigenvalue weighted by Gasteiger charge is -2.07. The van der Waals surface area contributed by atoms with Crippen LogP contribution in [0.5, 0.6) is 5.75 Å². The molecule has 35 heavy (non-hydrogen) atoms. The molecule has 0 aliphatic carbocycles. The normalized spacial score (nSPS) is 10.9. The highest BCUT2D eigenvalue weighted by atomic mass is 16.3. The Labute approximate surface area is 214 Å². The van der Waals surface area contributed by atoms with Crippen LogP contribution in [0.25, 0.3) is 0 Å². The van der Waals surface area contributed by atoms with Gasteiger partial charge in [0.15, 0.2) is 0 Å². The minimum absolute atomic E-state index is 0.0655. The van der Waals surface area contributed by atoms with E-state index >= 15 is 0 Å². The summed E-state index contributed by atoms with van der Waals surface area (Å²) in [5, 5.41) is 15.1. The predicted octanol–water partition coefficient (Wildman–Crippen LogP) is 8.27. The highest BCUT2D eigenvalue weighted by Crippen LogP contribution is 2.15. The molecule has 5 nitrogen and oxygen atoms in total. The Morgan fingerprint density at radius 1 is 0.600 bits per heavy atom. The molecule has 0 fully saturated rings. The van der Waals surface area contributed by atoms with Gasteiger partial charge in [-0.15, -0.1) is 0 Å². The van der Waals surface area contributed by atoms with Gasteiger partial charge < -0.3 is 15.7 Å². The second-order valence-electron chi connectivity index (χ2n) is 9.96. The van der Waals surface area contributed by atoms with Crippen LogP contribution in [0.1, 0.15) is 135 Å². The molecule has 0 spiro atoms. The number of carbonyl (C=O) groups excluding carboxylic acids is 2. The molecule has 0 aliphatic rings. The van der Waals surface area contributed by atoms with Gasteiger partial charge in [-0.1, -0.05) is 103 Å². The van der Waals surface area contributed by atoms with Crippen LogP contribution < -0.4 is 10.6 Å². The van der Waals surface area contributed by atoms with Gasteiger partial charge >= 0.3 is 0 Å². The van der Waals surface area contributed by atoms with E-state index in [1.807, 2.05) is 0 Å². The molecule has 0 unspecified atom stereocenters. The van der Waals surface area contributed by atoms with Crippen molar-refractivity contribution in [1.29, 1.82) is 0 Å². The van der Waals surface area contributed by atoms with E-state index in [0.717, 1.165) is 13.0 Å². The summed E-state index contributed by atoms with van der Waals surface area (Å²) in [6.45, 7) is 3.04. The van der Waals surface area contributed by atoms with Gasteiger partial charge in [-0.05, 0) is 43.5 Å².